The highest BCUT2D eigenvalue weighted by atomic mass is 16.6. The SMILES string of the molecule is CC1CCC(CC(=O)c2ccc(-c3ccc4cc(C(=O)COC(=O)[C@@H]5CC[C@H](C)N5C(=O)OC(C)(C)C)ccc4c3)cc2)(C(=O)O)N1C(=O)OC(C)(C)C. The minimum Gasteiger partial charge on any atom is -0.479 e. The van der Waals surface area contributed by atoms with E-state index in [2.05, 4.69) is 0 Å². The monoisotopic (exact) mass is 742 g/mol. The first kappa shape index (κ1) is 39.9. The van der Waals surface area contributed by atoms with Crippen molar-refractivity contribution in [3.05, 3.63) is 71.8 Å². The number of hydrogen-bond acceptors (Lipinski definition) is 9. The minimum absolute atomic E-state index is 0.135. The summed E-state index contributed by atoms with van der Waals surface area (Å²) in [4.78, 5) is 80.7. The van der Waals surface area contributed by atoms with Crippen molar-refractivity contribution in [3.8, 4) is 11.1 Å². The summed E-state index contributed by atoms with van der Waals surface area (Å²) in [6.07, 6.45) is -0.123. The maximum atomic E-state index is 13.5. The molecule has 2 saturated heterocycles. The number of carboxylic acids is 1. The van der Waals surface area contributed by atoms with E-state index in [1.54, 1.807) is 90.9 Å². The number of ketones is 2. The maximum absolute atomic E-state index is 13.5. The lowest BCUT2D eigenvalue weighted by molar-refractivity contribution is -0.150. The predicted octanol–water partition coefficient (Wildman–Crippen LogP) is 7.84. The van der Waals surface area contributed by atoms with Crippen LogP contribution in [0.5, 0.6) is 0 Å². The normalized spacial score (nSPS) is 21.5. The number of aliphatic carboxylic acids is 1. The van der Waals surface area contributed by atoms with Crippen LogP contribution in [-0.4, -0.2) is 92.1 Å². The molecule has 5 rings (SSSR count). The average molecular weight is 743 g/mol. The van der Waals surface area contributed by atoms with E-state index in [0.29, 0.717) is 30.4 Å². The summed E-state index contributed by atoms with van der Waals surface area (Å²) < 4.78 is 16.4. The Morgan fingerprint density at radius 1 is 0.704 bits per heavy atom. The van der Waals surface area contributed by atoms with Crippen LogP contribution in [0.4, 0.5) is 9.59 Å². The molecule has 0 saturated carbocycles. The number of likely N-dealkylation sites (tertiary alicyclic amines) is 2. The number of carbonyl (C=O) groups excluding carboxylic acids is 5. The molecule has 0 bridgehead atoms. The molecule has 2 amide bonds. The third-order valence-corrected chi connectivity index (χ3v) is 9.91. The number of nitrogens with zero attached hydrogens (tertiary/aromatic N) is 2. The fourth-order valence-corrected chi connectivity index (χ4v) is 7.21. The number of benzene rings is 3. The number of fused-ring (bicyclic) bond motifs is 1. The van der Waals surface area contributed by atoms with Gasteiger partial charge in [0.05, 0.1) is 0 Å². The average Bonchev–Trinajstić information content (AvgIpc) is 3.65. The molecule has 0 spiro atoms. The zero-order chi connectivity index (χ0) is 39.7. The number of ether oxygens (including phenoxy) is 3. The van der Waals surface area contributed by atoms with Crippen LogP contribution in [0.15, 0.2) is 60.7 Å². The number of esters is 1. The van der Waals surface area contributed by atoms with Gasteiger partial charge in [-0.2, -0.15) is 0 Å². The Morgan fingerprint density at radius 2 is 1.28 bits per heavy atom. The van der Waals surface area contributed by atoms with E-state index in [-0.39, 0.29) is 24.7 Å². The minimum atomic E-state index is -1.71. The van der Waals surface area contributed by atoms with Crippen molar-refractivity contribution in [2.75, 3.05) is 6.61 Å². The molecule has 12 nitrogen and oxygen atoms in total. The first-order valence-corrected chi connectivity index (χ1v) is 18.3. The van der Waals surface area contributed by atoms with Crippen LogP contribution in [0.2, 0.25) is 0 Å². The van der Waals surface area contributed by atoms with Crippen molar-refractivity contribution >= 4 is 46.5 Å². The summed E-state index contributed by atoms with van der Waals surface area (Å²) in [5.41, 5.74) is -0.882. The van der Waals surface area contributed by atoms with E-state index in [4.69, 9.17) is 14.2 Å². The van der Waals surface area contributed by atoms with E-state index >= 15 is 0 Å². The zero-order valence-electron chi connectivity index (χ0n) is 32.3. The molecule has 54 heavy (non-hydrogen) atoms. The number of Topliss-reactive ketones (excluding diaryl/α,β-unsaturated/α-hetero) is 2. The lowest BCUT2D eigenvalue weighted by atomic mass is 9.87. The van der Waals surface area contributed by atoms with Gasteiger partial charge in [-0.3, -0.25) is 19.4 Å². The molecule has 2 aliphatic rings. The van der Waals surface area contributed by atoms with E-state index in [1.165, 1.54) is 9.80 Å². The standard InChI is InChI=1S/C42H50N2O10/c1-25-9-18-33(43(25)38(50)53-40(3,4)5)36(47)52-24-35(46)32-17-16-30-21-29(14-15-31(30)22-32)27-10-12-28(13-11-27)34(45)23-42(37(48)49)20-19-26(2)44(42)39(51)54-41(6,7)8/h10-17,21-22,25-26,33H,9,18-20,23-24H2,1-8H3,(H,48,49)/t25-,26?,33-,42?/m0/s1. The van der Waals surface area contributed by atoms with Gasteiger partial charge in [-0.05, 0) is 115 Å². The number of amides is 2. The van der Waals surface area contributed by atoms with E-state index in [9.17, 15) is 33.9 Å². The summed E-state index contributed by atoms with van der Waals surface area (Å²) in [5.74, 6) is -2.66. The van der Waals surface area contributed by atoms with E-state index in [0.717, 1.165) is 21.9 Å². The molecular formula is C42H50N2O10. The molecule has 12 heteroatoms. The number of rotatable bonds is 9. The summed E-state index contributed by atoms with van der Waals surface area (Å²) in [7, 11) is 0. The molecule has 0 aliphatic carbocycles. The molecule has 1 N–H and O–H groups in total. The second kappa shape index (κ2) is 15.2. The second-order valence-corrected chi connectivity index (χ2v) is 16.4. The molecule has 2 heterocycles. The van der Waals surface area contributed by atoms with E-state index in [1.807, 2.05) is 25.1 Å². The Labute approximate surface area is 315 Å². The molecule has 2 unspecified atom stereocenters. The largest absolute Gasteiger partial charge is 0.479 e. The van der Waals surface area contributed by atoms with Crippen molar-refractivity contribution in [2.24, 2.45) is 0 Å². The van der Waals surface area contributed by atoms with E-state index < -0.39 is 65.3 Å². The Hall–Kier alpha value is -5.26. The molecule has 3 aromatic rings. The quantitative estimate of drug-likeness (QED) is 0.130. The molecule has 2 fully saturated rings. The maximum Gasteiger partial charge on any atom is 0.411 e. The summed E-state index contributed by atoms with van der Waals surface area (Å²) >= 11 is 0. The molecule has 4 atom stereocenters. The lowest BCUT2D eigenvalue weighted by Crippen LogP contribution is -2.57. The highest BCUT2D eigenvalue weighted by Gasteiger charge is 2.55. The van der Waals surface area contributed by atoms with Gasteiger partial charge in [-0.15, -0.1) is 0 Å². The third-order valence-electron chi connectivity index (χ3n) is 9.91. The van der Waals surface area contributed by atoms with Gasteiger partial charge in [0.1, 0.15) is 17.2 Å². The first-order chi connectivity index (χ1) is 25.2. The van der Waals surface area contributed by atoms with Gasteiger partial charge in [-0.25, -0.2) is 19.2 Å². The fraction of sp³-hybridized carbons (Fsp3) is 0.476. The van der Waals surface area contributed by atoms with Crippen LogP contribution in [0.1, 0.15) is 108 Å². The molecule has 288 valence electrons. The molecular weight excluding hydrogens is 692 g/mol. The Morgan fingerprint density at radius 3 is 1.91 bits per heavy atom. The highest BCUT2D eigenvalue weighted by molar-refractivity contribution is 6.03. The van der Waals surface area contributed by atoms with Gasteiger partial charge in [0, 0.05) is 29.6 Å². The van der Waals surface area contributed by atoms with Gasteiger partial charge >= 0.3 is 24.1 Å². The van der Waals surface area contributed by atoms with Gasteiger partial charge < -0.3 is 19.3 Å². The van der Waals surface area contributed by atoms with Gasteiger partial charge in [0.15, 0.2) is 23.7 Å². The van der Waals surface area contributed by atoms with Crippen LogP contribution in [0, 0.1) is 0 Å². The molecule has 2 aliphatic heterocycles. The number of carboxylic acid groups (broad SMARTS) is 1. The number of carbonyl (C=O) groups is 6. The third kappa shape index (κ3) is 8.75. The van der Waals surface area contributed by atoms with Crippen molar-refractivity contribution in [1.29, 1.82) is 0 Å². The summed E-state index contributed by atoms with van der Waals surface area (Å²) in [6.45, 7) is 13.5. The summed E-state index contributed by atoms with van der Waals surface area (Å²) in [5, 5.41) is 12.0. The molecule has 3 aromatic carbocycles. The van der Waals surface area contributed by atoms with Crippen molar-refractivity contribution in [1.82, 2.24) is 9.80 Å². The predicted molar refractivity (Wildman–Crippen MR) is 201 cm³/mol. The summed E-state index contributed by atoms with van der Waals surface area (Å²) in [6, 6.07) is 16.3. The lowest BCUT2D eigenvalue weighted by Gasteiger charge is -2.37. The van der Waals surface area contributed by atoms with Crippen LogP contribution in [0.25, 0.3) is 21.9 Å². The Balaban J connectivity index is 1.24. The van der Waals surface area contributed by atoms with Crippen molar-refractivity contribution < 1.29 is 48.1 Å². The van der Waals surface area contributed by atoms with Crippen LogP contribution in [-0.2, 0) is 23.8 Å². The topological polar surface area (TPSA) is 157 Å². The van der Waals surface area contributed by atoms with Crippen LogP contribution in [0.3, 0.4) is 0 Å². The van der Waals surface area contributed by atoms with Gasteiger partial charge in [-0.1, -0.05) is 48.5 Å². The Bertz CT molecular complexity index is 1960. The zero-order valence-corrected chi connectivity index (χ0v) is 32.3. The Kier molecular flexibility index (Phi) is 11.3. The van der Waals surface area contributed by atoms with Crippen LogP contribution >= 0.6 is 0 Å². The molecule has 0 aromatic heterocycles. The smallest absolute Gasteiger partial charge is 0.411 e. The first-order valence-electron chi connectivity index (χ1n) is 18.3. The van der Waals surface area contributed by atoms with Crippen molar-refractivity contribution in [3.63, 3.8) is 0 Å². The highest BCUT2D eigenvalue weighted by Crippen LogP contribution is 2.39. The van der Waals surface area contributed by atoms with Crippen molar-refractivity contribution in [2.45, 2.75) is 122 Å². The van der Waals surface area contributed by atoms with Gasteiger partial charge in [0.25, 0.3) is 0 Å². The van der Waals surface area contributed by atoms with Crippen LogP contribution < -0.4 is 0 Å². The van der Waals surface area contributed by atoms with Gasteiger partial charge in [0.2, 0.25) is 0 Å². The second-order valence-electron chi connectivity index (χ2n) is 16.4. The number of hydrogen-bond donors (Lipinski definition) is 1. The molecule has 0 radical (unpaired) electrons. The fourth-order valence-electron chi connectivity index (χ4n) is 7.21.